The SMILES string of the molecule is Cc1cc(CCC(=O)OCCOCCOCCOC(O)CCc2cc(C)c(C)c(C(C)(C)C)c2)cc(C(C)(C)C)c1C. The minimum absolute atomic E-state index is 0.0684. The minimum Gasteiger partial charge on any atom is -0.463 e. The summed E-state index contributed by atoms with van der Waals surface area (Å²) < 4.78 is 21.9. The van der Waals surface area contributed by atoms with Crippen molar-refractivity contribution in [2.24, 2.45) is 0 Å². The van der Waals surface area contributed by atoms with Gasteiger partial charge in [0.25, 0.3) is 0 Å². The highest BCUT2D eigenvalue weighted by Gasteiger charge is 2.19. The summed E-state index contributed by atoms with van der Waals surface area (Å²) in [4.78, 5) is 12.2. The first kappa shape index (κ1) is 35.9. The van der Waals surface area contributed by atoms with Crippen LogP contribution < -0.4 is 0 Å². The topological polar surface area (TPSA) is 74.2 Å². The zero-order valence-corrected chi connectivity index (χ0v) is 27.9. The number of benzene rings is 2. The molecule has 6 heteroatoms. The highest BCUT2D eigenvalue weighted by atomic mass is 16.6. The van der Waals surface area contributed by atoms with Crippen LogP contribution in [0.2, 0.25) is 0 Å². The van der Waals surface area contributed by atoms with Crippen LogP contribution >= 0.6 is 0 Å². The zero-order chi connectivity index (χ0) is 31.5. The molecule has 1 N–H and O–H groups in total. The van der Waals surface area contributed by atoms with E-state index < -0.39 is 6.29 Å². The maximum atomic E-state index is 12.2. The van der Waals surface area contributed by atoms with E-state index in [1.807, 2.05) is 0 Å². The maximum Gasteiger partial charge on any atom is 0.306 e. The molecule has 1 unspecified atom stereocenters. The first-order chi connectivity index (χ1) is 19.6. The molecule has 42 heavy (non-hydrogen) atoms. The summed E-state index contributed by atoms with van der Waals surface area (Å²) in [5.74, 6) is -0.215. The van der Waals surface area contributed by atoms with Crippen LogP contribution in [0.1, 0.15) is 98.9 Å². The third-order valence-electron chi connectivity index (χ3n) is 7.77. The number of carbonyl (C=O) groups excluding carboxylic acids is 1. The molecule has 0 heterocycles. The molecule has 2 aromatic rings. The number of esters is 1. The fourth-order valence-electron chi connectivity index (χ4n) is 5.19. The summed E-state index contributed by atoms with van der Waals surface area (Å²) >= 11 is 0. The first-order valence-corrected chi connectivity index (χ1v) is 15.4. The lowest BCUT2D eigenvalue weighted by atomic mass is 9.81. The number of hydrogen-bond donors (Lipinski definition) is 1. The monoisotopic (exact) mass is 584 g/mol. The van der Waals surface area contributed by atoms with Gasteiger partial charge in [-0.2, -0.15) is 0 Å². The van der Waals surface area contributed by atoms with Crippen LogP contribution in [0.5, 0.6) is 0 Å². The van der Waals surface area contributed by atoms with E-state index in [9.17, 15) is 9.90 Å². The number of hydrogen-bond acceptors (Lipinski definition) is 6. The van der Waals surface area contributed by atoms with Gasteiger partial charge in [-0.15, -0.1) is 0 Å². The van der Waals surface area contributed by atoms with Crippen molar-refractivity contribution in [2.45, 2.75) is 112 Å². The van der Waals surface area contributed by atoms with Crippen LogP contribution in [-0.2, 0) is 47.4 Å². The number of ether oxygens (including phenoxy) is 4. The summed E-state index contributed by atoms with van der Waals surface area (Å²) in [5, 5.41) is 10.2. The minimum atomic E-state index is -0.824. The Bertz CT molecular complexity index is 1140. The molecular formula is C36H56O6. The second-order valence-electron chi connectivity index (χ2n) is 13.5. The van der Waals surface area contributed by atoms with Crippen molar-refractivity contribution in [3.05, 3.63) is 68.8 Å². The predicted octanol–water partition coefficient (Wildman–Crippen LogP) is 6.99. The van der Waals surface area contributed by atoms with E-state index in [4.69, 9.17) is 18.9 Å². The molecule has 6 nitrogen and oxygen atoms in total. The van der Waals surface area contributed by atoms with Crippen LogP contribution in [0.4, 0.5) is 0 Å². The average molecular weight is 585 g/mol. The summed E-state index contributed by atoms with van der Waals surface area (Å²) in [7, 11) is 0. The molecule has 0 aliphatic heterocycles. The predicted molar refractivity (Wildman–Crippen MR) is 170 cm³/mol. The Morgan fingerprint density at radius 1 is 0.690 bits per heavy atom. The molecule has 0 amide bonds. The Kier molecular flexibility index (Phi) is 14.2. The largest absolute Gasteiger partial charge is 0.463 e. The smallest absolute Gasteiger partial charge is 0.306 e. The Morgan fingerprint density at radius 3 is 1.64 bits per heavy atom. The first-order valence-electron chi connectivity index (χ1n) is 15.4. The van der Waals surface area contributed by atoms with Crippen LogP contribution in [0, 0.1) is 27.7 Å². The van der Waals surface area contributed by atoms with E-state index in [0.29, 0.717) is 52.3 Å². The van der Waals surface area contributed by atoms with Gasteiger partial charge < -0.3 is 24.1 Å². The second-order valence-corrected chi connectivity index (χ2v) is 13.5. The summed E-state index contributed by atoms with van der Waals surface area (Å²) in [6, 6.07) is 8.85. The molecule has 0 aliphatic rings. The number of carbonyl (C=O) groups is 1. The standard InChI is InChI=1S/C36H56O6/c1-25-21-29(23-31(27(25)3)35(5,6)7)11-13-33(37)41-19-17-39-15-16-40-18-20-42-34(38)14-12-30-22-26(2)28(4)32(24-30)36(8,9)10/h21-24,33,37H,11-20H2,1-10H3. The van der Waals surface area contributed by atoms with Crippen molar-refractivity contribution in [3.63, 3.8) is 0 Å². The van der Waals surface area contributed by atoms with Crippen LogP contribution in [-0.4, -0.2) is 57.0 Å². The molecule has 0 radical (unpaired) electrons. The Hall–Kier alpha value is -2.25. The van der Waals surface area contributed by atoms with Gasteiger partial charge in [-0.05, 0) is 95.9 Å². The molecule has 1 atom stereocenters. The highest BCUT2D eigenvalue weighted by Crippen LogP contribution is 2.30. The molecule has 0 saturated heterocycles. The van der Waals surface area contributed by atoms with E-state index in [-0.39, 0.29) is 23.4 Å². The van der Waals surface area contributed by atoms with Gasteiger partial charge in [0.2, 0.25) is 0 Å². The lowest BCUT2D eigenvalue weighted by Gasteiger charge is -2.24. The molecule has 2 aromatic carbocycles. The van der Waals surface area contributed by atoms with Gasteiger partial charge in [-0.1, -0.05) is 65.8 Å². The number of aryl methyl sites for hydroxylation is 4. The number of aliphatic hydroxyl groups excluding tert-OH is 1. The lowest BCUT2D eigenvalue weighted by molar-refractivity contribution is -0.145. The Labute approximate surface area is 255 Å². The molecule has 0 bridgehead atoms. The van der Waals surface area contributed by atoms with Gasteiger partial charge in [-0.3, -0.25) is 4.79 Å². The van der Waals surface area contributed by atoms with E-state index in [1.54, 1.807) is 0 Å². The average Bonchev–Trinajstić information content (AvgIpc) is 2.89. The third kappa shape index (κ3) is 12.2. The van der Waals surface area contributed by atoms with Crippen LogP contribution in [0.15, 0.2) is 24.3 Å². The molecule has 236 valence electrons. The zero-order valence-electron chi connectivity index (χ0n) is 27.9. The summed E-state index contributed by atoms with van der Waals surface area (Å²) in [5.41, 5.74) is 10.4. The molecule has 2 rings (SSSR count). The van der Waals surface area contributed by atoms with Crippen molar-refractivity contribution in [2.75, 3.05) is 39.6 Å². The van der Waals surface area contributed by atoms with E-state index >= 15 is 0 Å². The molecule has 0 aliphatic carbocycles. The van der Waals surface area contributed by atoms with Gasteiger partial charge in [0.15, 0.2) is 6.29 Å². The second kappa shape index (κ2) is 16.6. The quantitative estimate of drug-likeness (QED) is 0.130. The highest BCUT2D eigenvalue weighted by molar-refractivity contribution is 5.69. The number of rotatable bonds is 16. The normalized spacial score (nSPS) is 12.9. The van der Waals surface area contributed by atoms with E-state index in [0.717, 1.165) is 6.42 Å². The molecular weight excluding hydrogens is 528 g/mol. The third-order valence-corrected chi connectivity index (χ3v) is 7.77. The molecule has 0 spiro atoms. The van der Waals surface area contributed by atoms with Crippen molar-refractivity contribution in [3.8, 4) is 0 Å². The van der Waals surface area contributed by atoms with E-state index in [1.165, 1.54) is 44.5 Å². The number of aliphatic hydroxyl groups is 1. The lowest BCUT2D eigenvalue weighted by Crippen LogP contribution is -2.18. The van der Waals surface area contributed by atoms with Gasteiger partial charge in [0, 0.05) is 12.8 Å². The van der Waals surface area contributed by atoms with Crippen molar-refractivity contribution >= 4 is 5.97 Å². The maximum absolute atomic E-state index is 12.2. The fourth-order valence-corrected chi connectivity index (χ4v) is 5.19. The fraction of sp³-hybridized carbons (Fsp3) is 0.639. The van der Waals surface area contributed by atoms with Gasteiger partial charge in [-0.25, -0.2) is 0 Å². The van der Waals surface area contributed by atoms with E-state index in [2.05, 4.69) is 93.5 Å². The van der Waals surface area contributed by atoms with Crippen LogP contribution in [0.3, 0.4) is 0 Å². The summed E-state index contributed by atoms with van der Waals surface area (Å²) in [6.07, 6.45) is 1.49. The summed E-state index contributed by atoms with van der Waals surface area (Å²) in [6.45, 7) is 24.0. The Morgan fingerprint density at radius 2 is 1.14 bits per heavy atom. The van der Waals surface area contributed by atoms with Crippen molar-refractivity contribution < 1.29 is 28.8 Å². The Balaban J connectivity index is 1.53. The van der Waals surface area contributed by atoms with Gasteiger partial charge >= 0.3 is 5.97 Å². The van der Waals surface area contributed by atoms with Gasteiger partial charge in [0.05, 0.1) is 33.0 Å². The van der Waals surface area contributed by atoms with Crippen molar-refractivity contribution in [1.82, 2.24) is 0 Å². The molecule has 0 fully saturated rings. The van der Waals surface area contributed by atoms with Gasteiger partial charge in [0.1, 0.15) is 6.61 Å². The molecule has 0 aromatic heterocycles. The van der Waals surface area contributed by atoms with Crippen LogP contribution in [0.25, 0.3) is 0 Å². The molecule has 0 saturated carbocycles. The van der Waals surface area contributed by atoms with Crippen molar-refractivity contribution in [1.29, 1.82) is 0 Å².